The second-order valence-corrected chi connectivity index (χ2v) is 15.3. The van der Waals surface area contributed by atoms with Gasteiger partial charge in [-0.05, 0) is 92.4 Å². The number of nitrogens with zero attached hydrogens (tertiary/aromatic N) is 4. The molecule has 4 heterocycles. The van der Waals surface area contributed by atoms with Gasteiger partial charge in [-0.3, -0.25) is 34.0 Å². The van der Waals surface area contributed by atoms with Crippen LogP contribution in [0.15, 0.2) is 97.1 Å². The molecule has 0 saturated carbocycles. The van der Waals surface area contributed by atoms with Crippen LogP contribution in [-0.2, 0) is 22.8 Å². The summed E-state index contributed by atoms with van der Waals surface area (Å²) in [4.78, 5) is 62.4. The third kappa shape index (κ3) is 10.2. The maximum absolute atomic E-state index is 13.7. The predicted octanol–water partition coefficient (Wildman–Crippen LogP) is 12.3. The van der Waals surface area contributed by atoms with Crippen molar-refractivity contribution in [2.24, 2.45) is 11.8 Å². The number of carbonyl (C=O) groups is 4. The Morgan fingerprint density at radius 3 is 1.35 bits per heavy atom. The zero-order valence-corrected chi connectivity index (χ0v) is 38.9. The molecular formula is C47H46BrClF2N4O4Zn. The molecule has 4 aromatic carbocycles. The minimum atomic E-state index is -0.596. The average molecular weight is 950 g/mol. The first-order chi connectivity index (χ1) is 28.1. The summed E-state index contributed by atoms with van der Waals surface area (Å²) in [7, 11) is 0. The van der Waals surface area contributed by atoms with E-state index in [1.165, 1.54) is 50.4 Å². The first kappa shape index (κ1) is 47.9. The van der Waals surface area contributed by atoms with E-state index in [1.54, 1.807) is 73.7 Å². The molecule has 0 aliphatic carbocycles. The summed E-state index contributed by atoms with van der Waals surface area (Å²) in [6.45, 7) is 15.5. The molecule has 0 radical (unpaired) electrons. The van der Waals surface area contributed by atoms with Crippen molar-refractivity contribution >= 4 is 70.7 Å². The average Bonchev–Trinajstić information content (AvgIpc) is 3.61. The summed E-state index contributed by atoms with van der Waals surface area (Å²) >= 11 is 10.5. The number of amides is 4. The fourth-order valence-corrected chi connectivity index (χ4v) is 7.24. The van der Waals surface area contributed by atoms with E-state index in [9.17, 15) is 28.0 Å². The van der Waals surface area contributed by atoms with E-state index in [1.807, 2.05) is 13.0 Å². The van der Waals surface area contributed by atoms with E-state index < -0.39 is 17.9 Å². The molecule has 8 rings (SSSR count). The predicted molar refractivity (Wildman–Crippen MR) is 234 cm³/mol. The van der Waals surface area contributed by atoms with Crippen molar-refractivity contribution in [2.45, 2.75) is 67.5 Å². The first-order valence-electron chi connectivity index (χ1n) is 19.0. The number of rotatable bonds is 6. The molecule has 8 nitrogen and oxygen atoms in total. The van der Waals surface area contributed by atoms with Gasteiger partial charge in [0.15, 0.2) is 0 Å². The molecule has 0 fully saturated rings. The van der Waals surface area contributed by atoms with Crippen LogP contribution in [0.5, 0.6) is 0 Å². The SMILES string of the molecule is C.CC(C)Cc1nc2cc(F)ccc2cc1[C@H](C)N1C(=O)c2ccccc2C1=O.C[C@@H](c1cc2ccc(F)cc2nc1Cl)N1C(=O)c2ccccc2C1=O.[CH2-]C(C)C.[Zn+][Br]. The van der Waals surface area contributed by atoms with Gasteiger partial charge >= 0.3 is 30.0 Å². The number of benzene rings is 4. The van der Waals surface area contributed by atoms with Crippen molar-refractivity contribution in [1.82, 2.24) is 19.8 Å². The molecular weight excluding hydrogens is 903 g/mol. The summed E-state index contributed by atoms with van der Waals surface area (Å²) in [5.74, 6) is -1.13. The number of pyridine rings is 2. The number of halogens is 4. The molecule has 0 unspecified atom stereocenters. The molecule has 2 aliphatic heterocycles. The van der Waals surface area contributed by atoms with Gasteiger partial charge < -0.3 is 6.92 Å². The number of fused-ring (bicyclic) bond motifs is 4. The maximum atomic E-state index is 13.7. The Morgan fingerprint density at radius 1 is 0.617 bits per heavy atom. The van der Waals surface area contributed by atoms with Gasteiger partial charge in [0.2, 0.25) is 0 Å². The Bertz CT molecular complexity index is 2500. The van der Waals surface area contributed by atoms with Crippen LogP contribution in [0, 0.1) is 30.4 Å². The molecule has 308 valence electrons. The van der Waals surface area contributed by atoms with Crippen LogP contribution in [0.1, 0.15) is 119 Å². The van der Waals surface area contributed by atoms with E-state index in [4.69, 9.17) is 11.6 Å². The standard InChI is InChI=1S/C23H21FN2O2.C19H12ClFN2O2.C4H9.CH4.BrH.Zn/c1-13(2)10-21-19(11-15-8-9-16(24)12-20(15)25-21)14(3)26-22(27)17-6-4-5-7-18(17)23(26)28;1-10(23-18(24)13-4-2-3-5-14(13)19(23)25)15-8-11-6-7-12(21)9-16(11)22-17(15)20;1-4(2)3;;;/h4-9,11-14H,10H2,1-3H3;2-10H,1H3;4H,1H2,2-3H3;1H4;1H;/q;;-1;;;+2/p-1/t14-;10-;;;;/m00..../s1. The van der Waals surface area contributed by atoms with Crippen LogP contribution in [0.2, 0.25) is 5.15 Å². The first-order valence-corrected chi connectivity index (χ1v) is 26.3. The fourth-order valence-electron chi connectivity index (χ4n) is 6.93. The van der Waals surface area contributed by atoms with Crippen molar-refractivity contribution in [1.29, 1.82) is 0 Å². The van der Waals surface area contributed by atoms with Crippen LogP contribution < -0.4 is 0 Å². The Balaban J connectivity index is 0.000000232. The molecule has 2 atom stereocenters. The third-order valence-electron chi connectivity index (χ3n) is 9.58. The van der Waals surface area contributed by atoms with Gasteiger partial charge in [-0.25, -0.2) is 13.8 Å². The van der Waals surface area contributed by atoms with Gasteiger partial charge in [-0.15, -0.1) is 0 Å². The summed E-state index contributed by atoms with van der Waals surface area (Å²) in [6.07, 6.45) is 0.676. The molecule has 2 aromatic heterocycles. The van der Waals surface area contributed by atoms with Crippen LogP contribution in [0.25, 0.3) is 21.8 Å². The second kappa shape index (κ2) is 20.7. The van der Waals surface area contributed by atoms with Crippen LogP contribution in [0.4, 0.5) is 8.78 Å². The molecule has 2 aliphatic rings. The topological polar surface area (TPSA) is 101 Å². The van der Waals surface area contributed by atoms with Crippen LogP contribution >= 0.6 is 25.2 Å². The van der Waals surface area contributed by atoms with E-state index in [0.717, 1.165) is 16.6 Å². The van der Waals surface area contributed by atoms with Gasteiger partial charge in [0, 0.05) is 34.2 Å². The number of carbonyl (C=O) groups excluding carboxylic acids is 4. The number of aromatic nitrogens is 2. The van der Waals surface area contributed by atoms with Crippen molar-refractivity contribution in [2.75, 3.05) is 0 Å². The summed E-state index contributed by atoms with van der Waals surface area (Å²) in [6, 6.07) is 24.9. The van der Waals surface area contributed by atoms with Crippen molar-refractivity contribution in [3.63, 3.8) is 0 Å². The summed E-state index contributed by atoms with van der Waals surface area (Å²) < 4.78 is 27.0. The van der Waals surface area contributed by atoms with E-state index >= 15 is 0 Å². The number of hydrogen-bond donors (Lipinski definition) is 0. The van der Waals surface area contributed by atoms with Gasteiger partial charge in [0.25, 0.3) is 23.6 Å². The van der Waals surface area contributed by atoms with Gasteiger partial charge in [-0.1, -0.05) is 71.0 Å². The number of imide groups is 2. The Hall–Kier alpha value is -4.77. The number of hydrogen-bond acceptors (Lipinski definition) is 6. The zero-order chi connectivity index (χ0) is 43.3. The normalized spacial score (nSPS) is 13.8. The Kier molecular flexibility index (Phi) is 16.5. The van der Waals surface area contributed by atoms with Crippen LogP contribution in [0.3, 0.4) is 0 Å². The van der Waals surface area contributed by atoms with Crippen molar-refractivity contribution in [3.8, 4) is 0 Å². The fraction of sp³-hybridized carbons (Fsp3) is 0.255. The van der Waals surface area contributed by atoms with E-state index in [-0.39, 0.29) is 42.0 Å². The third-order valence-corrected chi connectivity index (χ3v) is 9.88. The second-order valence-electron chi connectivity index (χ2n) is 15.0. The zero-order valence-electron chi connectivity index (χ0n) is 33.6. The Labute approximate surface area is 371 Å². The van der Waals surface area contributed by atoms with Crippen molar-refractivity contribution in [3.05, 3.63) is 160 Å². The molecule has 0 saturated heterocycles. The summed E-state index contributed by atoms with van der Waals surface area (Å²) in [5.41, 5.74) is 4.77. The molecule has 0 spiro atoms. The van der Waals surface area contributed by atoms with Gasteiger partial charge in [0.1, 0.15) is 16.8 Å². The Morgan fingerprint density at radius 2 is 0.967 bits per heavy atom. The van der Waals surface area contributed by atoms with E-state index in [2.05, 4.69) is 58.2 Å². The van der Waals surface area contributed by atoms with Gasteiger partial charge in [-0.2, -0.15) is 5.92 Å². The molecule has 0 N–H and O–H groups in total. The van der Waals surface area contributed by atoms with Crippen molar-refractivity contribution < 1.29 is 44.3 Å². The quantitative estimate of drug-likeness (QED) is 0.0713. The molecule has 4 amide bonds. The molecule has 6 aromatic rings. The van der Waals surface area contributed by atoms with Gasteiger partial charge in [0.05, 0.1) is 45.4 Å². The van der Waals surface area contributed by atoms with Crippen LogP contribution in [-0.4, -0.2) is 43.4 Å². The molecule has 13 heteroatoms. The molecule has 0 bridgehead atoms. The molecule has 60 heavy (non-hydrogen) atoms. The summed E-state index contributed by atoms with van der Waals surface area (Å²) in [5, 5.41) is 1.61. The monoisotopic (exact) mass is 946 g/mol. The minimum absolute atomic E-state index is 0. The van der Waals surface area contributed by atoms with E-state index in [0.29, 0.717) is 62.5 Å².